The second-order valence-electron chi connectivity index (χ2n) is 4.09. The topological polar surface area (TPSA) is 3.24 Å². The van der Waals surface area contributed by atoms with Crippen LogP contribution in [0.4, 0.5) is 0 Å². The molecule has 0 amide bonds. The van der Waals surface area contributed by atoms with Crippen molar-refractivity contribution in [3.05, 3.63) is 23.8 Å². The highest BCUT2D eigenvalue weighted by Crippen LogP contribution is 2.07. The predicted molar refractivity (Wildman–Crippen MR) is 68.7 cm³/mol. The first-order chi connectivity index (χ1) is 7.02. The van der Waals surface area contributed by atoms with Gasteiger partial charge in [0.25, 0.3) is 0 Å². The van der Waals surface area contributed by atoms with Gasteiger partial charge in [0.1, 0.15) is 0 Å². The fourth-order valence-electron chi connectivity index (χ4n) is 1.21. The van der Waals surface area contributed by atoms with Gasteiger partial charge in [0.15, 0.2) is 0 Å². The van der Waals surface area contributed by atoms with Gasteiger partial charge < -0.3 is 0 Å². The van der Waals surface area contributed by atoms with Crippen molar-refractivity contribution in [2.24, 2.45) is 0 Å². The SMILES string of the molecule is C#CC(/C=C(C)\C=C/CC)N(C)C(C)C. The van der Waals surface area contributed by atoms with Gasteiger partial charge in [-0.2, -0.15) is 0 Å². The Labute approximate surface area is 94.9 Å². The maximum Gasteiger partial charge on any atom is 0.0903 e. The summed E-state index contributed by atoms with van der Waals surface area (Å²) in [6, 6.07) is 0.553. The molecule has 0 aliphatic rings. The van der Waals surface area contributed by atoms with Crippen molar-refractivity contribution in [3.63, 3.8) is 0 Å². The largest absolute Gasteiger partial charge is 0.287 e. The van der Waals surface area contributed by atoms with Crippen LogP contribution in [0.3, 0.4) is 0 Å². The maximum absolute atomic E-state index is 5.53. The van der Waals surface area contributed by atoms with Gasteiger partial charge in [0, 0.05) is 6.04 Å². The Morgan fingerprint density at radius 1 is 1.47 bits per heavy atom. The van der Waals surface area contributed by atoms with Crippen LogP contribution in [0.1, 0.15) is 34.1 Å². The van der Waals surface area contributed by atoms with E-state index >= 15 is 0 Å². The molecule has 1 nitrogen and oxygen atoms in total. The molecule has 0 saturated carbocycles. The van der Waals surface area contributed by atoms with Gasteiger partial charge in [-0.1, -0.05) is 36.6 Å². The van der Waals surface area contributed by atoms with Crippen molar-refractivity contribution >= 4 is 0 Å². The van der Waals surface area contributed by atoms with Crippen molar-refractivity contribution in [1.82, 2.24) is 4.90 Å². The third-order valence-corrected chi connectivity index (χ3v) is 2.46. The van der Waals surface area contributed by atoms with Crippen LogP contribution in [0.25, 0.3) is 0 Å². The summed E-state index contributed by atoms with van der Waals surface area (Å²) in [5.74, 6) is 2.81. The monoisotopic (exact) mass is 205 g/mol. The molecule has 1 unspecified atom stereocenters. The zero-order chi connectivity index (χ0) is 11.8. The maximum atomic E-state index is 5.53. The fraction of sp³-hybridized carbons (Fsp3) is 0.571. The van der Waals surface area contributed by atoms with E-state index in [-0.39, 0.29) is 6.04 Å². The van der Waals surface area contributed by atoms with E-state index in [4.69, 9.17) is 6.42 Å². The average Bonchev–Trinajstić information content (AvgIpc) is 2.21. The van der Waals surface area contributed by atoms with Crippen LogP contribution >= 0.6 is 0 Å². The number of hydrogen-bond donors (Lipinski definition) is 0. The number of terminal acetylenes is 1. The first-order valence-corrected chi connectivity index (χ1v) is 5.56. The van der Waals surface area contributed by atoms with Gasteiger partial charge in [0.05, 0.1) is 6.04 Å². The van der Waals surface area contributed by atoms with Gasteiger partial charge in [0.2, 0.25) is 0 Å². The van der Waals surface area contributed by atoms with E-state index in [0.717, 1.165) is 6.42 Å². The highest BCUT2D eigenvalue weighted by Gasteiger charge is 2.11. The molecule has 0 spiro atoms. The van der Waals surface area contributed by atoms with Gasteiger partial charge in [-0.05, 0) is 34.2 Å². The number of nitrogens with zero attached hydrogens (tertiary/aromatic N) is 1. The van der Waals surface area contributed by atoms with Crippen molar-refractivity contribution in [2.45, 2.75) is 46.2 Å². The fourth-order valence-corrected chi connectivity index (χ4v) is 1.21. The Morgan fingerprint density at radius 2 is 2.07 bits per heavy atom. The molecular weight excluding hydrogens is 182 g/mol. The molecule has 0 aromatic rings. The number of allylic oxidation sites excluding steroid dienone is 3. The van der Waals surface area contributed by atoms with E-state index in [0.29, 0.717) is 6.04 Å². The molecule has 0 radical (unpaired) electrons. The highest BCUT2D eigenvalue weighted by molar-refractivity contribution is 5.23. The van der Waals surface area contributed by atoms with Crippen LogP contribution in [0.15, 0.2) is 23.8 Å². The molecule has 0 fully saturated rings. The van der Waals surface area contributed by atoms with E-state index in [1.807, 2.05) is 0 Å². The third-order valence-electron chi connectivity index (χ3n) is 2.46. The Balaban J connectivity index is 4.58. The highest BCUT2D eigenvalue weighted by atomic mass is 15.1. The Morgan fingerprint density at radius 3 is 2.47 bits per heavy atom. The minimum absolute atomic E-state index is 0.0894. The minimum Gasteiger partial charge on any atom is -0.287 e. The summed E-state index contributed by atoms with van der Waals surface area (Å²) in [5, 5.41) is 0. The smallest absolute Gasteiger partial charge is 0.0903 e. The molecule has 0 N–H and O–H groups in total. The average molecular weight is 205 g/mol. The Bertz CT molecular complexity index is 266. The third kappa shape index (κ3) is 5.44. The number of hydrogen-bond acceptors (Lipinski definition) is 1. The second kappa shape index (κ2) is 7.31. The molecule has 0 saturated heterocycles. The lowest BCUT2D eigenvalue weighted by atomic mass is 10.1. The van der Waals surface area contributed by atoms with E-state index in [1.165, 1.54) is 5.57 Å². The molecule has 0 bridgehead atoms. The molecular formula is C14H23N. The van der Waals surface area contributed by atoms with Crippen molar-refractivity contribution < 1.29 is 0 Å². The molecule has 84 valence electrons. The summed E-state index contributed by atoms with van der Waals surface area (Å²) in [6.45, 7) is 8.51. The van der Waals surface area contributed by atoms with Crippen molar-refractivity contribution in [1.29, 1.82) is 0 Å². The normalized spacial score (nSPS) is 14.9. The Kier molecular flexibility index (Phi) is 6.83. The van der Waals surface area contributed by atoms with Gasteiger partial charge >= 0.3 is 0 Å². The van der Waals surface area contributed by atoms with E-state index < -0.39 is 0 Å². The lowest BCUT2D eigenvalue weighted by Crippen LogP contribution is -2.34. The van der Waals surface area contributed by atoms with Crippen LogP contribution in [-0.2, 0) is 0 Å². The first-order valence-electron chi connectivity index (χ1n) is 5.56. The van der Waals surface area contributed by atoms with Gasteiger partial charge in [-0.15, -0.1) is 6.42 Å². The summed E-state index contributed by atoms with van der Waals surface area (Å²) < 4.78 is 0. The minimum atomic E-state index is 0.0894. The summed E-state index contributed by atoms with van der Waals surface area (Å²) in [5.41, 5.74) is 1.23. The van der Waals surface area contributed by atoms with E-state index in [2.05, 4.69) is 63.8 Å². The van der Waals surface area contributed by atoms with Crippen LogP contribution in [0.5, 0.6) is 0 Å². The molecule has 15 heavy (non-hydrogen) atoms. The number of likely N-dealkylation sites (N-methyl/N-ethyl adjacent to an activating group) is 1. The Hall–Kier alpha value is -1.00. The lowest BCUT2D eigenvalue weighted by molar-refractivity contribution is 0.265. The van der Waals surface area contributed by atoms with Crippen molar-refractivity contribution in [3.8, 4) is 12.3 Å². The summed E-state index contributed by atoms with van der Waals surface area (Å²) >= 11 is 0. The number of rotatable bonds is 5. The zero-order valence-electron chi connectivity index (χ0n) is 10.6. The summed E-state index contributed by atoms with van der Waals surface area (Å²) in [6.07, 6.45) is 13.0. The predicted octanol–water partition coefficient (Wildman–Crippen LogP) is 3.24. The molecule has 0 aromatic heterocycles. The molecule has 0 aromatic carbocycles. The van der Waals surface area contributed by atoms with Crippen LogP contribution in [0.2, 0.25) is 0 Å². The molecule has 0 aliphatic carbocycles. The molecule has 0 rings (SSSR count). The zero-order valence-corrected chi connectivity index (χ0v) is 10.6. The van der Waals surface area contributed by atoms with Crippen LogP contribution < -0.4 is 0 Å². The van der Waals surface area contributed by atoms with Crippen LogP contribution in [0, 0.1) is 12.3 Å². The van der Waals surface area contributed by atoms with E-state index in [1.54, 1.807) is 0 Å². The quantitative estimate of drug-likeness (QED) is 0.492. The van der Waals surface area contributed by atoms with Crippen molar-refractivity contribution in [2.75, 3.05) is 7.05 Å². The molecule has 1 atom stereocenters. The molecule has 0 aliphatic heterocycles. The lowest BCUT2D eigenvalue weighted by Gasteiger charge is -2.25. The van der Waals surface area contributed by atoms with Crippen LogP contribution in [-0.4, -0.2) is 24.0 Å². The summed E-state index contributed by atoms with van der Waals surface area (Å²) in [4.78, 5) is 2.18. The van der Waals surface area contributed by atoms with Gasteiger partial charge in [-0.25, -0.2) is 0 Å². The summed E-state index contributed by atoms with van der Waals surface area (Å²) in [7, 11) is 2.06. The first kappa shape index (κ1) is 14.0. The van der Waals surface area contributed by atoms with E-state index in [9.17, 15) is 0 Å². The molecule has 0 heterocycles. The standard InChI is InChI=1S/C14H23N/c1-7-9-10-13(5)11-14(8-2)15(6)12(3)4/h2,9-12,14H,7H2,1,3-6H3/b10-9-,13-11-. The van der Waals surface area contributed by atoms with Gasteiger partial charge in [-0.3, -0.25) is 4.90 Å². The second-order valence-corrected chi connectivity index (χ2v) is 4.09. The molecule has 1 heteroatoms.